The van der Waals surface area contributed by atoms with Crippen LogP contribution in [-0.4, -0.2) is 30.3 Å². The lowest BCUT2D eigenvalue weighted by molar-refractivity contribution is -0.132. The summed E-state index contributed by atoms with van der Waals surface area (Å²) < 4.78 is 0. The predicted octanol–water partition coefficient (Wildman–Crippen LogP) is 3.26. The molecule has 16 heavy (non-hydrogen) atoms. The van der Waals surface area contributed by atoms with Crippen molar-refractivity contribution in [3.05, 3.63) is 0 Å². The molecule has 0 heterocycles. The molecule has 0 bridgehead atoms. The average Bonchev–Trinajstić information content (AvgIpc) is 2.29. The molecule has 0 aromatic heterocycles. The third-order valence-corrected chi connectivity index (χ3v) is 4.29. The smallest absolute Gasteiger partial charge is 0.153 e. The second-order valence-corrected chi connectivity index (χ2v) is 5.63. The van der Waals surface area contributed by atoms with Crippen molar-refractivity contribution in [2.45, 2.75) is 64.3 Å². The molecule has 1 atom stereocenters. The van der Waals surface area contributed by atoms with Gasteiger partial charge in [0.05, 0.1) is 5.54 Å². The maximum atomic E-state index is 12.5. The van der Waals surface area contributed by atoms with Crippen molar-refractivity contribution in [2.75, 3.05) is 14.1 Å². The van der Waals surface area contributed by atoms with Gasteiger partial charge in [-0.25, -0.2) is 0 Å². The van der Waals surface area contributed by atoms with Gasteiger partial charge in [-0.05, 0) is 32.9 Å². The van der Waals surface area contributed by atoms with Gasteiger partial charge in [-0.15, -0.1) is 0 Å². The summed E-state index contributed by atoms with van der Waals surface area (Å²) in [5.74, 6) is 1.01. The zero-order chi connectivity index (χ0) is 12.2. The zero-order valence-electron chi connectivity index (χ0n) is 11.4. The Balaban J connectivity index is 2.72. The molecular weight excluding hydrogens is 198 g/mol. The molecular formula is C14H27NO. The van der Waals surface area contributed by atoms with Gasteiger partial charge >= 0.3 is 0 Å². The van der Waals surface area contributed by atoms with E-state index in [0.717, 1.165) is 25.7 Å². The molecule has 1 rings (SSSR count). The molecule has 1 aliphatic rings. The summed E-state index contributed by atoms with van der Waals surface area (Å²) in [4.78, 5) is 14.7. The van der Waals surface area contributed by atoms with Gasteiger partial charge in [-0.2, -0.15) is 0 Å². The Morgan fingerprint density at radius 2 is 1.81 bits per heavy atom. The lowest BCUT2D eigenvalue weighted by Crippen LogP contribution is -2.52. The van der Waals surface area contributed by atoms with Crippen LogP contribution >= 0.6 is 0 Å². The van der Waals surface area contributed by atoms with Crippen molar-refractivity contribution in [3.8, 4) is 0 Å². The van der Waals surface area contributed by atoms with Crippen LogP contribution in [0.3, 0.4) is 0 Å². The zero-order valence-corrected chi connectivity index (χ0v) is 11.4. The van der Waals surface area contributed by atoms with Crippen LogP contribution < -0.4 is 0 Å². The van der Waals surface area contributed by atoms with E-state index >= 15 is 0 Å². The number of Topliss-reactive ketones (excluding diaryl/α,β-unsaturated/α-hetero) is 1. The highest BCUT2D eigenvalue weighted by molar-refractivity contribution is 5.88. The SMILES string of the molecule is CCC(C)CC(=O)C1(N(C)C)CCCCC1. The van der Waals surface area contributed by atoms with Crippen molar-refractivity contribution in [1.82, 2.24) is 4.90 Å². The van der Waals surface area contributed by atoms with Gasteiger partial charge in [-0.3, -0.25) is 9.69 Å². The fraction of sp³-hybridized carbons (Fsp3) is 0.929. The molecule has 94 valence electrons. The van der Waals surface area contributed by atoms with Crippen molar-refractivity contribution in [1.29, 1.82) is 0 Å². The number of ketones is 1. The van der Waals surface area contributed by atoms with Crippen LogP contribution in [0.1, 0.15) is 58.8 Å². The third-order valence-electron chi connectivity index (χ3n) is 4.29. The number of hydrogen-bond donors (Lipinski definition) is 0. The maximum Gasteiger partial charge on any atom is 0.153 e. The van der Waals surface area contributed by atoms with Crippen LogP contribution in [0.2, 0.25) is 0 Å². The first-order chi connectivity index (χ1) is 7.53. The van der Waals surface area contributed by atoms with Gasteiger partial charge in [0, 0.05) is 6.42 Å². The Morgan fingerprint density at radius 3 is 2.25 bits per heavy atom. The maximum absolute atomic E-state index is 12.5. The van der Waals surface area contributed by atoms with Gasteiger partial charge in [0.25, 0.3) is 0 Å². The molecule has 0 radical (unpaired) electrons. The molecule has 1 aliphatic carbocycles. The van der Waals surface area contributed by atoms with E-state index in [1.807, 2.05) is 0 Å². The molecule has 0 N–H and O–H groups in total. The lowest BCUT2D eigenvalue weighted by Gasteiger charge is -2.42. The van der Waals surface area contributed by atoms with Crippen LogP contribution in [0.25, 0.3) is 0 Å². The predicted molar refractivity (Wildman–Crippen MR) is 68.6 cm³/mol. The van der Waals surface area contributed by atoms with Crippen molar-refractivity contribution in [3.63, 3.8) is 0 Å². The number of rotatable bonds is 5. The molecule has 0 saturated heterocycles. The molecule has 1 fully saturated rings. The van der Waals surface area contributed by atoms with Gasteiger partial charge < -0.3 is 0 Å². The minimum absolute atomic E-state index is 0.137. The summed E-state index contributed by atoms with van der Waals surface area (Å²) in [5.41, 5.74) is -0.137. The number of carbonyl (C=O) groups is 1. The molecule has 2 nitrogen and oxygen atoms in total. The van der Waals surface area contributed by atoms with Crippen LogP contribution in [0.5, 0.6) is 0 Å². The van der Waals surface area contributed by atoms with Crippen LogP contribution in [0, 0.1) is 5.92 Å². The van der Waals surface area contributed by atoms with E-state index in [4.69, 9.17) is 0 Å². The topological polar surface area (TPSA) is 20.3 Å². The summed E-state index contributed by atoms with van der Waals surface area (Å²) in [6, 6.07) is 0. The van der Waals surface area contributed by atoms with E-state index in [9.17, 15) is 4.79 Å². The van der Waals surface area contributed by atoms with E-state index < -0.39 is 0 Å². The summed E-state index contributed by atoms with van der Waals surface area (Å²) in [7, 11) is 4.14. The first-order valence-corrected chi connectivity index (χ1v) is 6.73. The number of nitrogens with zero attached hydrogens (tertiary/aromatic N) is 1. The number of hydrogen-bond acceptors (Lipinski definition) is 2. The Kier molecular flexibility index (Phi) is 4.97. The summed E-state index contributed by atoms with van der Waals surface area (Å²) >= 11 is 0. The molecule has 2 heteroatoms. The minimum Gasteiger partial charge on any atom is -0.298 e. The summed E-state index contributed by atoms with van der Waals surface area (Å²) in [6.07, 6.45) is 7.72. The molecule has 0 amide bonds. The molecule has 0 aliphatic heterocycles. The fourth-order valence-corrected chi connectivity index (χ4v) is 2.76. The first kappa shape index (κ1) is 13.7. The second-order valence-electron chi connectivity index (χ2n) is 5.63. The number of carbonyl (C=O) groups excluding carboxylic acids is 1. The highest BCUT2D eigenvalue weighted by Gasteiger charge is 2.40. The molecule has 0 spiro atoms. The van der Waals surface area contributed by atoms with Gasteiger partial charge in [0.1, 0.15) is 0 Å². The van der Waals surface area contributed by atoms with E-state index in [1.165, 1.54) is 19.3 Å². The van der Waals surface area contributed by atoms with E-state index in [0.29, 0.717) is 11.7 Å². The standard InChI is InChI=1S/C14H27NO/c1-5-12(2)11-13(16)14(15(3)4)9-7-6-8-10-14/h12H,5-11H2,1-4H3. The average molecular weight is 225 g/mol. The van der Waals surface area contributed by atoms with Crippen LogP contribution in [-0.2, 0) is 4.79 Å². The lowest BCUT2D eigenvalue weighted by atomic mass is 9.75. The van der Waals surface area contributed by atoms with Crippen molar-refractivity contribution >= 4 is 5.78 Å². The van der Waals surface area contributed by atoms with Gasteiger partial charge in [-0.1, -0.05) is 39.5 Å². The van der Waals surface area contributed by atoms with E-state index in [1.54, 1.807) is 0 Å². The number of likely N-dealkylation sites (N-methyl/N-ethyl adjacent to an activating group) is 1. The summed E-state index contributed by atoms with van der Waals surface area (Å²) in [6.45, 7) is 4.35. The van der Waals surface area contributed by atoms with Gasteiger partial charge in [0.2, 0.25) is 0 Å². The van der Waals surface area contributed by atoms with E-state index in [2.05, 4.69) is 32.8 Å². The molecule has 1 saturated carbocycles. The highest BCUT2D eigenvalue weighted by Crippen LogP contribution is 2.34. The van der Waals surface area contributed by atoms with Crippen molar-refractivity contribution < 1.29 is 4.79 Å². The monoisotopic (exact) mass is 225 g/mol. The third kappa shape index (κ3) is 2.85. The second kappa shape index (κ2) is 5.81. The quantitative estimate of drug-likeness (QED) is 0.716. The largest absolute Gasteiger partial charge is 0.298 e. The minimum atomic E-state index is -0.137. The fourth-order valence-electron chi connectivity index (χ4n) is 2.76. The van der Waals surface area contributed by atoms with E-state index in [-0.39, 0.29) is 5.54 Å². The Bertz CT molecular complexity index is 229. The molecule has 1 unspecified atom stereocenters. The Morgan fingerprint density at radius 1 is 1.25 bits per heavy atom. The molecule has 0 aromatic carbocycles. The molecule has 0 aromatic rings. The highest BCUT2D eigenvalue weighted by atomic mass is 16.1. The van der Waals surface area contributed by atoms with Crippen molar-refractivity contribution in [2.24, 2.45) is 5.92 Å². The van der Waals surface area contributed by atoms with Crippen LogP contribution in [0.15, 0.2) is 0 Å². The van der Waals surface area contributed by atoms with Gasteiger partial charge in [0.15, 0.2) is 5.78 Å². The summed E-state index contributed by atoms with van der Waals surface area (Å²) in [5, 5.41) is 0. The normalized spacial score (nSPS) is 22.1. The first-order valence-electron chi connectivity index (χ1n) is 6.73. The van der Waals surface area contributed by atoms with Crippen LogP contribution in [0.4, 0.5) is 0 Å². The Hall–Kier alpha value is -0.370. The Labute approximate surface area is 100 Å².